The summed E-state index contributed by atoms with van der Waals surface area (Å²) in [6, 6.07) is 8.37. The zero-order chi connectivity index (χ0) is 18.8. The average molecular weight is 358 g/mol. The van der Waals surface area contributed by atoms with Crippen molar-refractivity contribution < 1.29 is 34.3 Å². The van der Waals surface area contributed by atoms with Gasteiger partial charge in [-0.25, -0.2) is 4.79 Å². The van der Waals surface area contributed by atoms with E-state index in [0.717, 1.165) is 12.1 Å². The molecule has 0 radical (unpaired) electrons. The van der Waals surface area contributed by atoms with Crippen LogP contribution in [0.4, 0.5) is 5.69 Å². The molecule has 0 amide bonds. The van der Waals surface area contributed by atoms with Crippen LogP contribution in [-0.4, -0.2) is 31.4 Å². The van der Waals surface area contributed by atoms with Gasteiger partial charge in [-0.15, -0.1) is 0 Å². The number of carbonyl (C=O) groups is 1. The fourth-order valence-corrected chi connectivity index (χ4v) is 2.18. The number of nitro groups is 1. The second-order valence-electron chi connectivity index (χ2n) is 5.07. The number of carboxylic acid groups (broad SMARTS) is 1. The lowest BCUT2D eigenvalue weighted by atomic mass is 10.1. The maximum Gasteiger partial charge on any atom is 0.374 e. The second kappa shape index (κ2) is 6.43. The van der Waals surface area contributed by atoms with Gasteiger partial charge in [-0.3, -0.25) is 10.1 Å². The molecule has 3 N–H and O–H groups in total. The molecular formula is C16H10N2O8. The number of rotatable bonds is 5. The van der Waals surface area contributed by atoms with E-state index in [2.05, 4.69) is 9.68 Å². The molecular weight excluding hydrogens is 348 g/mol. The number of phenolic OH excluding ortho intramolecular Hbond substituents is 2. The molecule has 26 heavy (non-hydrogen) atoms. The van der Waals surface area contributed by atoms with Crippen LogP contribution in [0.15, 0.2) is 47.0 Å². The highest BCUT2D eigenvalue weighted by Gasteiger charge is 2.21. The van der Waals surface area contributed by atoms with Crippen LogP contribution in [-0.2, 0) is 0 Å². The molecule has 3 rings (SSSR count). The summed E-state index contributed by atoms with van der Waals surface area (Å²) in [5.74, 6) is -2.41. The third-order valence-electron chi connectivity index (χ3n) is 3.32. The largest absolute Gasteiger partial charge is 0.508 e. The first-order chi connectivity index (χ1) is 12.3. The number of benzene rings is 2. The monoisotopic (exact) mass is 358 g/mol. The van der Waals surface area contributed by atoms with Gasteiger partial charge in [0, 0.05) is 30.3 Å². The van der Waals surface area contributed by atoms with Gasteiger partial charge in [0.15, 0.2) is 0 Å². The van der Waals surface area contributed by atoms with Crippen molar-refractivity contribution in [3.8, 4) is 34.3 Å². The molecule has 0 fully saturated rings. The molecule has 1 aromatic heterocycles. The number of ether oxygens (including phenoxy) is 1. The summed E-state index contributed by atoms with van der Waals surface area (Å²) >= 11 is 0. The number of hydrogen-bond acceptors (Lipinski definition) is 8. The molecule has 1 heterocycles. The van der Waals surface area contributed by atoms with Gasteiger partial charge in [0.25, 0.3) is 5.69 Å². The van der Waals surface area contributed by atoms with E-state index in [-0.39, 0.29) is 34.2 Å². The zero-order valence-corrected chi connectivity index (χ0v) is 12.8. The van der Waals surface area contributed by atoms with Gasteiger partial charge >= 0.3 is 5.97 Å². The first-order valence-corrected chi connectivity index (χ1v) is 7.04. The molecule has 0 atom stereocenters. The smallest absolute Gasteiger partial charge is 0.374 e. The van der Waals surface area contributed by atoms with Crippen molar-refractivity contribution in [2.75, 3.05) is 0 Å². The van der Waals surface area contributed by atoms with Crippen molar-refractivity contribution in [1.29, 1.82) is 0 Å². The van der Waals surface area contributed by atoms with Gasteiger partial charge in [0.1, 0.15) is 28.7 Å². The normalized spacial score (nSPS) is 10.5. The number of nitrogens with zero attached hydrogens (tertiary/aromatic N) is 2. The quantitative estimate of drug-likeness (QED) is 0.460. The fourth-order valence-electron chi connectivity index (χ4n) is 2.18. The number of carboxylic acids is 1. The predicted octanol–water partition coefficient (Wildman–Crippen LogP) is 3.15. The van der Waals surface area contributed by atoms with Crippen LogP contribution in [0, 0.1) is 10.1 Å². The summed E-state index contributed by atoms with van der Waals surface area (Å²) in [4.78, 5) is 21.0. The Morgan fingerprint density at radius 1 is 1.15 bits per heavy atom. The van der Waals surface area contributed by atoms with Crippen LogP contribution < -0.4 is 4.74 Å². The van der Waals surface area contributed by atoms with Crippen LogP contribution in [0.25, 0.3) is 11.3 Å². The first kappa shape index (κ1) is 16.8. The number of aromatic nitrogens is 1. The summed E-state index contributed by atoms with van der Waals surface area (Å²) in [7, 11) is 0. The fraction of sp³-hybridized carbons (Fsp3) is 0. The maximum atomic E-state index is 10.9. The molecule has 132 valence electrons. The lowest BCUT2D eigenvalue weighted by Gasteiger charge is -2.11. The summed E-state index contributed by atoms with van der Waals surface area (Å²) in [5.41, 5.74) is -0.187. The minimum atomic E-state index is -1.35. The third-order valence-corrected chi connectivity index (χ3v) is 3.32. The highest BCUT2D eigenvalue weighted by atomic mass is 16.6. The Morgan fingerprint density at radius 3 is 2.42 bits per heavy atom. The van der Waals surface area contributed by atoms with Gasteiger partial charge in [-0.1, -0.05) is 5.16 Å². The maximum absolute atomic E-state index is 10.9. The van der Waals surface area contributed by atoms with E-state index in [1.165, 1.54) is 30.3 Å². The van der Waals surface area contributed by atoms with Gasteiger partial charge in [0.05, 0.1) is 10.5 Å². The Morgan fingerprint density at radius 2 is 1.85 bits per heavy atom. The van der Waals surface area contributed by atoms with Gasteiger partial charge < -0.3 is 24.6 Å². The van der Waals surface area contributed by atoms with Crippen molar-refractivity contribution in [3.05, 3.63) is 58.3 Å². The Hall–Kier alpha value is -4.08. The van der Waals surface area contributed by atoms with Crippen molar-refractivity contribution >= 4 is 11.7 Å². The van der Waals surface area contributed by atoms with Crippen LogP contribution in [0.1, 0.15) is 10.6 Å². The molecule has 0 aliphatic rings. The summed E-state index contributed by atoms with van der Waals surface area (Å²) in [5, 5.41) is 43.0. The second-order valence-corrected chi connectivity index (χ2v) is 5.07. The van der Waals surface area contributed by atoms with Crippen LogP contribution in [0.5, 0.6) is 23.0 Å². The third kappa shape index (κ3) is 3.24. The van der Waals surface area contributed by atoms with Gasteiger partial charge in [0.2, 0.25) is 5.76 Å². The molecule has 0 aliphatic heterocycles. The number of aromatic carboxylic acids is 1. The highest BCUT2D eigenvalue weighted by Crippen LogP contribution is 2.42. The number of nitro benzene ring substituents is 1. The Bertz CT molecular complexity index is 994. The van der Waals surface area contributed by atoms with Crippen molar-refractivity contribution in [1.82, 2.24) is 5.16 Å². The van der Waals surface area contributed by atoms with E-state index in [1.807, 2.05) is 0 Å². The van der Waals surface area contributed by atoms with Crippen molar-refractivity contribution in [3.63, 3.8) is 0 Å². The van der Waals surface area contributed by atoms with E-state index in [0.29, 0.717) is 0 Å². The zero-order valence-electron chi connectivity index (χ0n) is 12.8. The standard InChI is InChI=1S/C16H10N2O8/c19-9-5-12(20)15(11-7-14(16(21)22)26-17-11)13(6-9)25-10-3-1-8(2-4-10)18(23)24/h1-7,19-20H,(H,21,22). The predicted molar refractivity (Wildman–Crippen MR) is 85.4 cm³/mol. The van der Waals surface area contributed by atoms with E-state index >= 15 is 0 Å². The Balaban J connectivity index is 2.03. The van der Waals surface area contributed by atoms with E-state index in [4.69, 9.17) is 9.84 Å². The summed E-state index contributed by atoms with van der Waals surface area (Å²) in [6.45, 7) is 0. The van der Waals surface area contributed by atoms with Crippen molar-refractivity contribution in [2.45, 2.75) is 0 Å². The number of hydrogen-bond donors (Lipinski definition) is 3. The molecule has 0 aliphatic carbocycles. The molecule has 0 saturated carbocycles. The van der Waals surface area contributed by atoms with Crippen LogP contribution in [0.2, 0.25) is 0 Å². The van der Waals surface area contributed by atoms with Crippen molar-refractivity contribution in [2.24, 2.45) is 0 Å². The van der Waals surface area contributed by atoms with E-state index < -0.39 is 22.4 Å². The number of non-ortho nitro benzene ring substituents is 1. The van der Waals surface area contributed by atoms with E-state index in [9.17, 15) is 25.1 Å². The SMILES string of the molecule is O=C(O)c1cc(-c2c(O)cc(O)cc2Oc2ccc([N+](=O)[O-])cc2)no1. The topological polar surface area (TPSA) is 156 Å². The minimum absolute atomic E-state index is 0.0163. The molecule has 10 nitrogen and oxygen atoms in total. The molecule has 0 saturated heterocycles. The van der Waals surface area contributed by atoms with Gasteiger partial charge in [-0.05, 0) is 12.1 Å². The minimum Gasteiger partial charge on any atom is -0.508 e. The van der Waals surface area contributed by atoms with Crippen LogP contribution in [0.3, 0.4) is 0 Å². The number of aromatic hydroxyl groups is 2. The lowest BCUT2D eigenvalue weighted by molar-refractivity contribution is -0.384. The molecule has 0 spiro atoms. The molecule has 10 heteroatoms. The molecule has 0 unspecified atom stereocenters. The van der Waals surface area contributed by atoms with Gasteiger partial charge in [-0.2, -0.15) is 0 Å². The molecule has 0 bridgehead atoms. The Kier molecular flexibility index (Phi) is 4.15. The summed E-state index contributed by atoms with van der Waals surface area (Å²) in [6.07, 6.45) is 0. The molecule has 3 aromatic rings. The first-order valence-electron chi connectivity index (χ1n) is 7.04. The summed E-state index contributed by atoms with van der Waals surface area (Å²) < 4.78 is 10.2. The molecule has 2 aromatic carbocycles. The average Bonchev–Trinajstić information content (AvgIpc) is 3.04. The van der Waals surface area contributed by atoms with Crippen LogP contribution >= 0.6 is 0 Å². The van der Waals surface area contributed by atoms with E-state index in [1.54, 1.807) is 0 Å². The lowest BCUT2D eigenvalue weighted by Crippen LogP contribution is -1.92. The number of phenols is 2. The highest BCUT2D eigenvalue weighted by molar-refractivity contribution is 5.87. The Labute approximate surface area is 144 Å².